The summed E-state index contributed by atoms with van der Waals surface area (Å²) in [7, 11) is 0. The summed E-state index contributed by atoms with van der Waals surface area (Å²) in [4.78, 5) is 3.70. The Hall–Kier alpha value is -1.76. The molecule has 0 aliphatic carbocycles. The Morgan fingerprint density at radius 3 is 1.85 bits per heavy atom. The zero-order chi connectivity index (χ0) is 14.9. The van der Waals surface area contributed by atoms with E-state index < -0.39 is 34.6 Å². The predicted octanol–water partition coefficient (Wildman–Crippen LogP) is 4.90. The SMILES string of the molecule is Fc1c(F)c(F)c(C=Nc2ccccc2Br)c(F)c1F. The van der Waals surface area contributed by atoms with E-state index in [0.717, 1.165) is 0 Å². The zero-order valence-electron chi connectivity index (χ0n) is 9.60. The second-order valence-corrected chi connectivity index (χ2v) is 4.55. The van der Waals surface area contributed by atoms with E-state index in [1.54, 1.807) is 18.2 Å². The minimum Gasteiger partial charge on any atom is -0.255 e. The minimum absolute atomic E-state index is 0.288. The maximum Gasteiger partial charge on any atom is 0.200 e. The molecule has 0 aliphatic heterocycles. The lowest BCUT2D eigenvalue weighted by atomic mass is 10.2. The molecular formula is C13H5BrF5N. The lowest BCUT2D eigenvalue weighted by Crippen LogP contribution is -2.06. The van der Waals surface area contributed by atoms with Crippen LogP contribution in [0.15, 0.2) is 33.7 Å². The monoisotopic (exact) mass is 349 g/mol. The summed E-state index contributed by atoms with van der Waals surface area (Å²) in [5.41, 5.74) is -0.798. The molecule has 0 heterocycles. The van der Waals surface area contributed by atoms with Crippen LogP contribution in [0.3, 0.4) is 0 Å². The number of nitrogens with zero attached hydrogens (tertiary/aromatic N) is 1. The van der Waals surface area contributed by atoms with Crippen LogP contribution in [0.25, 0.3) is 0 Å². The largest absolute Gasteiger partial charge is 0.255 e. The molecule has 0 saturated heterocycles. The smallest absolute Gasteiger partial charge is 0.200 e. The minimum atomic E-state index is -2.20. The molecule has 7 heteroatoms. The molecule has 0 aromatic heterocycles. The molecule has 0 atom stereocenters. The molecule has 0 aliphatic rings. The molecule has 20 heavy (non-hydrogen) atoms. The molecule has 0 saturated carbocycles. The fourth-order valence-corrected chi connectivity index (χ4v) is 1.81. The van der Waals surface area contributed by atoms with Crippen molar-refractivity contribution in [3.8, 4) is 0 Å². The van der Waals surface area contributed by atoms with Gasteiger partial charge in [-0.1, -0.05) is 12.1 Å². The van der Waals surface area contributed by atoms with Crippen molar-refractivity contribution in [2.75, 3.05) is 0 Å². The normalized spacial score (nSPS) is 11.3. The molecule has 1 nitrogen and oxygen atoms in total. The summed E-state index contributed by atoms with van der Waals surface area (Å²) in [5, 5.41) is 0. The highest BCUT2D eigenvalue weighted by molar-refractivity contribution is 9.10. The predicted molar refractivity (Wildman–Crippen MR) is 67.6 cm³/mol. The van der Waals surface area contributed by atoms with Crippen molar-refractivity contribution in [2.24, 2.45) is 4.99 Å². The lowest BCUT2D eigenvalue weighted by Gasteiger charge is -2.04. The maximum absolute atomic E-state index is 13.4. The first kappa shape index (κ1) is 14.6. The summed E-state index contributed by atoms with van der Waals surface area (Å²) in [6.45, 7) is 0. The average molecular weight is 350 g/mol. The van der Waals surface area contributed by atoms with Crippen molar-refractivity contribution < 1.29 is 22.0 Å². The second kappa shape index (κ2) is 5.70. The lowest BCUT2D eigenvalue weighted by molar-refractivity contribution is 0.377. The highest BCUT2D eigenvalue weighted by Crippen LogP contribution is 2.26. The van der Waals surface area contributed by atoms with Gasteiger partial charge in [0.2, 0.25) is 5.82 Å². The molecule has 0 unspecified atom stereocenters. The quantitative estimate of drug-likeness (QED) is 0.316. The molecule has 104 valence electrons. The Labute approximate surface area is 118 Å². The molecule has 0 amide bonds. The van der Waals surface area contributed by atoms with E-state index in [4.69, 9.17) is 0 Å². The van der Waals surface area contributed by atoms with Crippen molar-refractivity contribution in [3.05, 3.63) is 63.4 Å². The molecule has 0 bridgehead atoms. The first-order chi connectivity index (χ1) is 9.43. The van der Waals surface area contributed by atoms with Gasteiger partial charge in [-0.2, -0.15) is 0 Å². The third-order valence-corrected chi connectivity index (χ3v) is 3.10. The molecular weight excluding hydrogens is 345 g/mol. The number of benzene rings is 2. The van der Waals surface area contributed by atoms with Gasteiger partial charge in [-0.3, -0.25) is 4.99 Å². The zero-order valence-corrected chi connectivity index (χ0v) is 11.2. The van der Waals surface area contributed by atoms with Crippen LogP contribution in [0.2, 0.25) is 0 Å². The summed E-state index contributed by atoms with van der Waals surface area (Å²) >= 11 is 3.14. The van der Waals surface area contributed by atoms with Gasteiger partial charge in [-0.05, 0) is 28.1 Å². The Morgan fingerprint density at radius 1 is 0.800 bits per heavy atom. The van der Waals surface area contributed by atoms with Crippen LogP contribution in [0, 0.1) is 29.1 Å². The van der Waals surface area contributed by atoms with Gasteiger partial charge in [0.15, 0.2) is 23.3 Å². The van der Waals surface area contributed by atoms with E-state index >= 15 is 0 Å². The van der Waals surface area contributed by atoms with Crippen LogP contribution < -0.4 is 0 Å². The van der Waals surface area contributed by atoms with Gasteiger partial charge in [-0.25, -0.2) is 22.0 Å². The fraction of sp³-hybridized carbons (Fsp3) is 0. The third-order valence-electron chi connectivity index (χ3n) is 2.43. The maximum atomic E-state index is 13.4. The molecule has 0 radical (unpaired) electrons. The average Bonchev–Trinajstić information content (AvgIpc) is 2.45. The molecule has 2 rings (SSSR count). The Kier molecular flexibility index (Phi) is 4.17. The van der Waals surface area contributed by atoms with Gasteiger partial charge < -0.3 is 0 Å². The van der Waals surface area contributed by atoms with Crippen molar-refractivity contribution in [1.29, 1.82) is 0 Å². The van der Waals surface area contributed by atoms with Crippen LogP contribution in [0.4, 0.5) is 27.6 Å². The Morgan fingerprint density at radius 2 is 1.30 bits per heavy atom. The summed E-state index contributed by atoms with van der Waals surface area (Å²) in [5.74, 6) is -10.0. The van der Waals surface area contributed by atoms with Crippen LogP contribution in [-0.2, 0) is 0 Å². The van der Waals surface area contributed by atoms with Crippen molar-refractivity contribution >= 4 is 27.8 Å². The van der Waals surface area contributed by atoms with E-state index in [-0.39, 0.29) is 5.69 Å². The Balaban J connectivity index is 2.53. The van der Waals surface area contributed by atoms with Gasteiger partial charge in [0, 0.05) is 10.7 Å². The molecule has 0 fully saturated rings. The number of hydrogen-bond acceptors (Lipinski definition) is 1. The van der Waals surface area contributed by atoms with E-state index in [1.807, 2.05) is 0 Å². The third kappa shape index (κ3) is 2.58. The van der Waals surface area contributed by atoms with Crippen LogP contribution >= 0.6 is 15.9 Å². The van der Waals surface area contributed by atoms with Crippen LogP contribution in [0.5, 0.6) is 0 Å². The molecule has 2 aromatic rings. The van der Waals surface area contributed by atoms with Crippen molar-refractivity contribution in [3.63, 3.8) is 0 Å². The van der Waals surface area contributed by atoms with E-state index in [0.29, 0.717) is 10.7 Å². The van der Waals surface area contributed by atoms with Gasteiger partial charge >= 0.3 is 0 Å². The van der Waals surface area contributed by atoms with Crippen LogP contribution in [0.1, 0.15) is 5.56 Å². The first-order valence-corrected chi connectivity index (χ1v) is 6.02. The van der Waals surface area contributed by atoms with Crippen molar-refractivity contribution in [2.45, 2.75) is 0 Å². The molecule has 2 aromatic carbocycles. The van der Waals surface area contributed by atoms with Gasteiger partial charge in [0.25, 0.3) is 0 Å². The van der Waals surface area contributed by atoms with Gasteiger partial charge in [-0.15, -0.1) is 0 Å². The Bertz CT molecular complexity index is 670. The summed E-state index contributed by atoms with van der Waals surface area (Å²) in [6, 6.07) is 6.41. The first-order valence-electron chi connectivity index (χ1n) is 5.23. The van der Waals surface area contributed by atoms with E-state index in [1.165, 1.54) is 6.07 Å². The van der Waals surface area contributed by atoms with Crippen molar-refractivity contribution in [1.82, 2.24) is 0 Å². The second-order valence-electron chi connectivity index (χ2n) is 3.69. The fourth-order valence-electron chi connectivity index (χ4n) is 1.43. The summed E-state index contributed by atoms with van der Waals surface area (Å²) < 4.78 is 66.1. The van der Waals surface area contributed by atoms with Crippen LogP contribution in [-0.4, -0.2) is 6.21 Å². The van der Waals surface area contributed by atoms with E-state index in [9.17, 15) is 22.0 Å². The standard InChI is InChI=1S/C13H5BrF5N/c14-7-3-1-2-4-8(7)20-5-6-9(15)11(17)13(19)12(18)10(6)16/h1-5H. The number of aliphatic imine (C=N–C) groups is 1. The number of para-hydroxylation sites is 1. The highest BCUT2D eigenvalue weighted by Gasteiger charge is 2.24. The molecule has 0 N–H and O–H groups in total. The molecule has 0 spiro atoms. The van der Waals surface area contributed by atoms with Gasteiger partial charge in [0.1, 0.15) is 0 Å². The van der Waals surface area contributed by atoms with Gasteiger partial charge in [0.05, 0.1) is 11.3 Å². The topological polar surface area (TPSA) is 12.4 Å². The number of rotatable bonds is 2. The van der Waals surface area contributed by atoms with E-state index in [2.05, 4.69) is 20.9 Å². The summed E-state index contributed by atoms with van der Waals surface area (Å²) in [6.07, 6.45) is 0.594. The highest BCUT2D eigenvalue weighted by atomic mass is 79.9. The number of hydrogen-bond donors (Lipinski definition) is 0. The number of halogens is 6.